The van der Waals surface area contributed by atoms with E-state index in [1.165, 1.54) is 5.56 Å². The Kier molecular flexibility index (Phi) is 6.06. The highest BCUT2D eigenvalue weighted by Gasteiger charge is 2.24. The van der Waals surface area contributed by atoms with E-state index in [4.69, 9.17) is 9.72 Å². The Bertz CT molecular complexity index is 841. The van der Waals surface area contributed by atoms with Gasteiger partial charge >= 0.3 is 0 Å². The average molecular weight is 396 g/mol. The summed E-state index contributed by atoms with van der Waals surface area (Å²) in [5.41, 5.74) is 2.68. The molecule has 2 aromatic rings. The van der Waals surface area contributed by atoms with Crippen molar-refractivity contribution in [1.29, 1.82) is 0 Å². The maximum atomic E-state index is 12.9. The molecule has 1 amide bonds. The second-order valence-corrected chi connectivity index (χ2v) is 7.93. The first-order chi connectivity index (χ1) is 14.1. The second-order valence-electron chi connectivity index (χ2n) is 7.93. The second kappa shape index (κ2) is 8.88. The molecule has 1 aromatic carbocycles. The van der Waals surface area contributed by atoms with Crippen molar-refractivity contribution in [1.82, 2.24) is 20.2 Å². The molecule has 0 spiro atoms. The van der Waals surface area contributed by atoms with Crippen LogP contribution in [0.2, 0.25) is 0 Å². The van der Waals surface area contributed by atoms with Crippen LogP contribution in [0.15, 0.2) is 30.5 Å². The van der Waals surface area contributed by atoms with E-state index in [0.717, 1.165) is 51.2 Å². The maximum absolute atomic E-state index is 12.9. The number of nitrogens with one attached hydrogen (secondary N) is 1. The van der Waals surface area contributed by atoms with Gasteiger partial charge in [0.1, 0.15) is 11.4 Å². The number of piperazine rings is 1. The van der Waals surface area contributed by atoms with E-state index in [1.807, 2.05) is 12.1 Å². The van der Waals surface area contributed by atoms with Crippen LogP contribution < -0.4 is 10.2 Å². The Hall–Kier alpha value is -2.51. The van der Waals surface area contributed by atoms with Crippen molar-refractivity contribution < 1.29 is 9.53 Å². The third-order valence-corrected chi connectivity index (χ3v) is 5.64. The van der Waals surface area contributed by atoms with Crippen molar-refractivity contribution in [2.45, 2.75) is 25.9 Å². The lowest BCUT2D eigenvalue weighted by Gasteiger charge is -2.34. The van der Waals surface area contributed by atoms with Gasteiger partial charge in [0, 0.05) is 51.1 Å². The van der Waals surface area contributed by atoms with E-state index in [0.29, 0.717) is 23.8 Å². The van der Waals surface area contributed by atoms with Gasteiger partial charge in [-0.25, -0.2) is 9.97 Å². The molecule has 4 rings (SSSR count). The SMILES string of the molecule is Cc1ccc(-c2ncc(C(=O)NCC3CCCO3)c(N3CCN(C)CC3)n2)cc1. The van der Waals surface area contributed by atoms with Gasteiger partial charge in [-0.1, -0.05) is 29.8 Å². The number of anilines is 1. The zero-order valence-corrected chi connectivity index (χ0v) is 17.2. The van der Waals surface area contributed by atoms with Crippen LogP contribution in [0, 0.1) is 6.92 Å². The summed E-state index contributed by atoms with van der Waals surface area (Å²) < 4.78 is 5.62. The van der Waals surface area contributed by atoms with E-state index in [1.54, 1.807) is 6.20 Å². The van der Waals surface area contributed by atoms with Crippen LogP contribution in [-0.2, 0) is 4.74 Å². The van der Waals surface area contributed by atoms with Crippen LogP contribution in [0.5, 0.6) is 0 Å². The zero-order chi connectivity index (χ0) is 20.2. The van der Waals surface area contributed by atoms with Gasteiger partial charge in [0.2, 0.25) is 0 Å². The van der Waals surface area contributed by atoms with Crippen molar-refractivity contribution in [3.8, 4) is 11.4 Å². The molecule has 3 heterocycles. The predicted molar refractivity (Wildman–Crippen MR) is 113 cm³/mol. The van der Waals surface area contributed by atoms with Crippen LogP contribution >= 0.6 is 0 Å². The highest BCUT2D eigenvalue weighted by Crippen LogP contribution is 2.24. The number of rotatable bonds is 5. The number of carbonyl (C=O) groups excluding carboxylic acids is 1. The molecule has 154 valence electrons. The molecule has 7 nitrogen and oxygen atoms in total. The first-order valence-electron chi connectivity index (χ1n) is 10.4. The summed E-state index contributed by atoms with van der Waals surface area (Å²) in [5, 5.41) is 3.01. The van der Waals surface area contributed by atoms with Crippen LogP contribution in [0.25, 0.3) is 11.4 Å². The van der Waals surface area contributed by atoms with Crippen molar-refractivity contribution in [2.24, 2.45) is 0 Å². The number of aromatic nitrogens is 2. The first-order valence-corrected chi connectivity index (χ1v) is 10.4. The Labute approximate surface area is 172 Å². The van der Waals surface area contributed by atoms with Gasteiger partial charge in [-0.3, -0.25) is 4.79 Å². The summed E-state index contributed by atoms with van der Waals surface area (Å²) >= 11 is 0. The molecule has 1 aromatic heterocycles. The minimum Gasteiger partial charge on any atom is -0.376 e. The summed E-state index contributed by atoms with van der Waals surface area (Å²) in [7, 11) is 2.12. The Morgan fingerprint density at radius 2 is 1.97 bits per heavy atom. The lowest BCUT2D eigenvalue weighted by Crippen LogP contribution is -2.45. The number of hydrogen-bond donors (Lipinski definition) is 1. The van der Waals surface area contributed by atoms with Crippen LogP contribution in [0.4, 0.5) is 5.82 Å². The number of aryl methyl sites for hydroxylation is 1. The fraction of sp³-hybridized carbons (Fsp3) is 0.500. The molecule has 29 heavy (non-hydrogen) atoms. The van der Waals surface area contributed by atoms with E-state index in [2.05, 4.69) is 46.2 Å². The lowest BCUT2D eigenvalue weighted by molar-refractivity contribution is 0.0857. The molecule has 2 aliphatic rings. The molecule has 2 aliphatic heterocycles. The number of amides is 1. The molecule has 0 bridgehead atoms. The predicted octanol–water partition coefficient (Wildman–Crippen LogP) is 2.11. The molecule has 2 fully saturated rings. The topological polar surface area (TPSA) is 70.6 Å². The van der Waals surface area contributed by atoms with Gasteiger partial charge < -0.3 is 19.9 Å². The summed E-state index contributed by atoms with van der Waals surface area (Å²) in [4.78, 5) is 26.8. The van der Waals surface area contributed by atoms with Crippen molar-refractivity contribution in [3.63, 3.8) is 0 Å². The lowest BCUT2D eigenvalue weighted by atomic mass is 10.1. The highest BCUT2D eigenvalue weighted by molar-refractivity contribution is 5.99. The fourth-order valence-corrected chi connectivity index (χ4v) is 3.74. The Morgan fingerprint density at radius 1 is 1.21 bits per heavy atom. The number of nitrogens with zero attached hydrogens (tertiary/aromatic N) is 4. The smallest absolute Gasteiger partial charge is 0.256 e. The van der Waals surface area contributed by atoms with Gasteiger partial charge in [0.25, 0.3) is 5.91 Å². The van der Waals surface area contributed by atoms with Gasteiger partial charge in [0.05, 0.1) is 6.10 Å². The van der Waals surface area contributed by atoms with Crippen LogP contribution in [-0.4, -0.2) is 73.3 Å². The third kappa shape index (κ3) is 4.74. The van der Waals surface area contributed by atoms with E-state index >= 15 is 0 Å². The molecule has 7 heteroatoms. The van der Waals surface area contributed by atoms with Gasteiger partial charge in [-0.2, -0.15) is 0 Å². The number of carbonyl (C=O) groups is 1. The molecule has 0 aliphatic carbocycles. The summed E-state index contributed by atoms with van der Waals surface area (Å²) in [5.74, 6) is 1.23. The van der Waals surface area contributed by atoms with E-state index in [9.17, 15) is 4.79 Å². The number of ether oxygens (including phenoxy) is 1. The molecule has 2 saturated heterocycles. The quantitative estimate of drug-likeness (QED) is 0.836. The minimum atomic E-state index is -0.134. The number of benzene rings is 1. The Morgan fingerprint density at radius 3 is 2.66 bits per heavy atom. The maximum Gasteiger partial charge on any atom is 0.256 e. The third-order valence-electron chi connectivity index (χ3n) is 5.64. The zero-order valence-electron chi connectivity index (χ0n) is 17.2. The molecule has 1 unspecified atom stereocenters. The fourth-order valence-electron chi connectivity index (χ4n) is 3.74. The number of likely N-dealkylation sites (N-methyl/N-ethyl adjacent to an activating group) is 1. The summed E-state index contributed by atoms with van der Waals surface area (Å²) in [6, 6.07) is 8.15. The molecule has 1 N–H and O–H groups in total. The highest BCUT2D eigenvalue weighted by atomic mass is 16.5. The summed E-state index contributed by atoms with van der Waals surface area (Å²) in [6.45, 7) is 6.94. The molecular weight excluding hydrogens is 366 g/mol. The minimum absolute atomic E-state index is 0.110. The average Bonchev–Trinajstić information content (AvgIpc) is 3.26. The van der Waals surface area contributed by atoms with E-state index < -0.39 is 0 Å². The summed E-state index contributed by atoms with van der Waals surface area (Å²) in [6.07, 6.45) is 3.83. The van der Waals surface area contributed by atoms with Gasteiger partial charge in [0.15, 0.2) is 5.82 Å². The van der Waals surface area contributed by atoms with Crippen LogP contribution in [0.3, 0.4) is 0 Å². The Balaban J connectivity index is 1.60. The molecular formula is C22H29N5O2. The van der Waals surface area contributed by atoms with Gasteiger partial charge in [-0.05, 0) is 26.8 Å². The largest absolute Gasteiger partial charge is 0.376 e. The van der Waals surface area contributed by atoms with Crippen molar-refractivity contribution in [3.05, 3.63) is 41.6 Å². The number of hydrogen-bond acceptors (Lipinski definition) is 6. The van der Waals surface area contributed by atoms with Gasteiger partial charge in [-0.15, -0.1) is 0 Å². The molecule has 0 saturated carbocycles. The first kappa shape index (κ1) is 19.8. The van der Waals surface area contributed by atoms with Crippen molar-refractivity contribution >= 4 is 11.7 Å². The van der Waals surface area contributed by atoms with E-state index in [-0.39, 0.29) is 12.0 Å². The monoisotopic (exact) mass is 395 g/mol. The molecule has 1 atom stereocenters. The standard InChI is InChI=1S/C22H29N5O2/c1-16-5-7-17(8-6-16)20-23-15-19(22(28)24-14-18-4-3-13-29-18)21(25-20)27-11-9-26(2)10-12-27/h5-8,15,18H,3-4,9-14H2,1-2H3,(H,24,28). The van der Waals surface area contributed by atoms with Crippen molar-refractivity contribution in [2.75, 3.05) is 51.3 Å². The normalized spacial score (nSPS) is 20.1. The molecule has 0 radical (unpaired) electrons. The van der Waals surface area contributed by atoms with Crippen LogP contribution in [0.1, 0.15) is 28.8 Å².